The molecule has 0 aliphatic rings. The van der Waals surface area contributed by atoms with Gasteiger partial charge < -0.3 is 15.0 Å². The van der Waals surface area contributed by atoms with E-state index < -0.39 is 0 Å². The molecule has 4 nitrogen and oxygen atoms in total. The summed E-state index contributed by atoms with van der Waals surface area (Å²) in [6.45, 7) is 6.77. The zero-order chi connectivity index (χ0) is 17.1. The number of fused-ring (bicyclic) bond motifs is 1. The van der Waals surface area contributed by atoms with Crippen LogP contribution in [0, 0.1) is 13.8 Å². The van der Waals surface area contributed by atoms with Crippen molar-refractivity contribution in [2.24, 2.45) is 0 Å². The molecule has 1 amide bonds. The summed E-state index contributed by atoms with van der Waals surface area (Å²) in [7, 11) is 0. The Hall–Kier alpha value is -2.59. The molecule has 4 heteroatoms. The smallest absolute Gasteiger partial charge is 0.221 e. The predicted molar refractivity (Wildman–Crippen MR) is 97.0 cm³/mol. The molecule has 0 saturated carbocycles. The summed E-state index contributed by atoms with van der Waals surface area (Å²) in [6, 6.07) is 12.5. The molecular formula is C20H22N2O2. The lowest BCUT2D eigenvalue weighted by molar-refractivity contribution is -0.114. The third-order valence-electron chi connectivity index (χ3n) is 4.02. The number of carbonyl (C=O) groups is 1. The van der Waals surface area contributed by atoms with Crippen molar-refractivity contribution in [3.63, 3.8) is 0 Å². The third-order valence-corrected chi connectivity index (χ3v) is 4.02. The van der Waals surface area contributed by atoms with Crippen molar-refractivity contribution in [2.75, 3.05) is 5.32 Å². The molecule has 0 unspecified atom stereocenters. The van der Waals surface area contributed by atoms with Crippen molar-refractivity contribution < 1.29 is 9.53 Å². The van der Waals surface area contributed by atoms with Gasteiger partial charge in [0.25, 0.3) is 0 Å². The van der Waals surface area contributed by atoms with E-state index in [1.54, 1.807) is 0 Å². The average molecular weight is 322 g/mol. The molecule has 0 radical (unpaired) electrons. The number of carbonyl (C=O) groups excluding carboxylic acids is 1. The highest BCUT2D eigenvalue weighted by Crippen LogP contribution is 2.27. The monoisotopic (exact) mass is 322 g/mol. The van der Waals surface area contributed by atoms with E-state index in [0.717, 1.165) is 27.7 Å². The van der Waals surface area contributed by atoms with Crippen LogP contribution in [0.5, 0.6) is 0 Å². The van der Waals surface area contributed by atoms with Gasteiger partial charge in [-0.15, -0.1) is 0 Å². The summed E-state index contributed by atoms with van der Waals surface area (Å²) >= 11 is 0. The van der Waals surface area contributed by atoms with Crippen molar-refractivity contribution in [3.8, 4) is 0 Å². The quantitative estimate of drug-likeness (QED) is 0.728. The minimum atomic E-state index is -0.0745. The van der Waals surface area contributed by atoms with E-state index in [0.29, 0.717) is 13.2 Å². The Kier molecular flexibility index (Phi) is 4.67. The van der Waals surface area contributed by atoms with E-state index in [-0.39, 0.29) is 5.91 Å². The van der Waals surface area contributed by atoms with E-state index in [1.807, 2.05) is 6.20 Å². The van der Waals surface area contributed by atoms with Crippen molar-refractivity contribution in [1.82, 2.24) is 4.98 Å². The van der Waals surface area contributed by atoms with Gasteiger partial charge in [-0.05, 0) is 36.6 Å². The number of aryl methyl sites for hydroxylation is 2. The lowest BCUT2D eigenvalue weighted by Gasteiger charge is -2.08. The molecule has 0 aliphatic carbocycles. The molecule has 0 saturated heterocycles. The number of anilines is 1. The maximum Gasteiger partial charge on any atom is 0.221 e. The number of rotatable bonds is 5. The largest absolute Gasteiger partial charge is 0.372 e. The fourth-order valence-corrected chi connectivity index (χ4v) is 2.84. The zero-order valence-electron chi connectivity index (χ0n) is 14.3. The van der Waals surface area contributed by atoms with Gasteiger partial charge in [0.2, 0.25) is 5.91 Å². The van der Waals surface area contributed by atoms with Gasteiger partial charge >= 0.3 is 0 Å². The Morgan fingerprint density at radius 1 is 1.08 bits per heavy atom. The van der Waals surface area contributed by atoms with Crippen LogP contribution in [-0.2, 0) is 22.7 Å². The van der Waals surface area contributed by atoms with E-state index in [9.17, 15) is 4.79 Å². The van der Waals surface area contributed by atoms with E-state index in [4.69, 9.17) is 4.74 Å². The highest BCUT2D eigenvalue weighted by Gasteiger charge is 2.09. The van der Waals surface area contributed by atoms with Crippen molar-refractivity contribution >= 4 is 22.5 Å². The van der Waals surface area contributed by atoms with E-state index >= 15 is 0 Å². The highest BCUT2D eigenvalue weighted by molar-refractivity contribution is 6.02. The minimum Gasteiger partial charge on any atom is -0.372 e. The minimum absolute atomic E-state index is 0.0745. The fraction of sp³-hybridized carbons (Fsp3) is 0.250. The highest BCUT2D eigenvalue weighted by atomic mass is 16.5. The van der Waals surface area contributed by atoms with Gasteiger partial charge in [-0.25, -0.2) is 0 Å². The Labute approximate surface area is 141 Å². The maximum absolute atomic E-state index is 11.3. The van der Waals surface area contributed by atoms with Gasteiger partial charge in [-0.2, -0.15) is 0 Å². The number of H-pyrrole nitrogens is 1. The van der Waals surface area contributed by atoms with Crippen LogP contribution in [0.15, 0.2) is 42.6 Å². The molecule has 3 aromatic rings. The van der Waals surface area contributed by atoms with E-state index in [2.05, 4.69) is 60.5 Å². The first-order valence-electron chi connectivity index (χ1n) is 8.04. The number of aromatic amines is 1. The second kappa shape index (κ2) is 6.89. The van der Waals surface area contributed by atoms with Crippen LogP contribution in [0.3, 0.4) is 0 Å². The first kappa shape index (κ1) is 16.3. The SMILES string of the molecule is CC(=O)Nc1c[nH]c2c(C)cc(COCc3ccc(C)cc3)cc12. The van der Waals surface area contributed by atoms with Gasteiger partial charge in [0, 0.05) is 18.5 Å². The van der Waals surface area contributed by atoms with Crippen LogP contribution in [0.4, 0.5) is 5.69 Å². The molecule has 124 valence electrons. The average Bonchev–Trinajstić information content (AvgIpc) is 2.92. The molecule has 0 spiro atoms. The normalized spacial score (nSPS) is 11.0. The molecule has 24 heavy (non-hydrogen) atoms. The number of hydrogen-bond donors (Lipinski definition) is 2. The molecule has 1 aromatic heterocycles. The second-order valence-electron chi connectivity index (χ2n) is 6.20. The fourth-order valence-electron chi connectivity index (χ4n) is 2.84. The number of benzene rings is 2. The maximum atomic E-state index is 11.3. The van der Waals surface area contributed by atoms with Crippen LogP contribution >= 0.6 is 0 Å². The third kappa shape index (κ3) is 3.66. The molecule has 0 fully saturated rings. The molecule has 3 rings (SSSR count). The van der Waals surface area contributed by atoms with Crippen LogP contribution in [0.25, 0.3) is 10.9 Å². The lowest BCUT2D eigenvalue weighted by Crippen LogP contribution is -2.05. The van der Waals surface area contributed by atoms with Crippen LogP contribution in [-0.4, -0.2) is 10.9 Å². The van der Waals surface area contributed by atoms with Crippen molar-refractivity contribution in [1.29, 1.82) is 0 Å². The van der Waals surface area contributed by atoms with Crippen LogP contribution in [0.2, 0.25) is 0 Å². The lowest BCUT2D eigenvalue weighted by atomic mass is 10.1. The summed E-state index contributed by atoms with van der Waals surface area (Å²) in [6.07, 6.45) is 1.83. The van der Waals surface area contributed by atoms with Crippen LogP contribution < -0.4 is 5.32 Å². The summed E-state index contributed by atoms with van der Waals surface area (Å²) in [5, 5.41) is 3.87. The summed E-state index contributed by atoms with van der Waals surface area (Å²) in [5.41, 5.74) is 6.50. The molecule has 0 atom stereocenters. The Morgan fingerprint density at radius 3 is 2.50 bits per heavy atom. The van der Waals surface area contributed by atoms with Crippen molar-refractivity contribution in [3.05, 3.63) is 64.8 Å². The molecule has 2 N–H and O–H groups in total. The first-order valence-corrected chi connectivity index (χ1v) is 8.04. The number of ether oxygens (including phenoxy) is 1. The first-order chi connectivity index (χ1) is 11.5. The number of nitrogens with one attached hydrogen (secondary N) is 2. The molecule has 0 aliphatic heterocycles. The van der Waals surface area contributed by atoms with Gasteiger partial charge in [-0.1, -0.05) is 35.9 Å². The van der Waals surface area contributed by atoms with Gasteiger partial charge in [0.1, 0.15) is 0 Å². The van der Waals surface area contributed by atoms with Gasteiger partial charge in [0.15, 0.2) is 0 Å². The molecule has 2 aromatic carbocycles. The number of amides is 1. The van der Waals surface area contributed by atoms with Gasteiger partial charge in [0.05, 0.1) is 24.4 Å². The summed E-state index contributed by atoms with van der Waals surface area (Å²) in [4.78, 5) is 14.5. The van der Waals surface area contributed by atoms with Crippen molar-refractivity contribution in [2.45, 2.75) is 34.0 Å². The second-order valence-corrected chi connectivity index (χ2v) is 6.20. The predicted octanol–water partition coefficient (Wildman–Crippen LogP) is 4.46. The Morgan fingerprint density at radius 2 is 1.79 bits per heavy atom. The number of aromatic nitrogens is 1. The summed E-state index contributed by atoms with van der Waals surface area (Å²) < 4.78 is 5.85. The van der Waals surface area contributed by atoms with E-state index in [1.165, 1.54) is 18.1 Å². The van der Waals surface area contributed by atoms with Crippen LogP contribution in [0.1, 0.15) is 29.2 Å². The Balaban J connectivity index is 1.74. The molecular weight excluding hydrogens is 300 g/mol. The standard InChI is InChI=1S/C20H22N2O2/c1-13-4-6-16(7-5-13)11-24-12-17-8-14(2)20-18(9-17)19(10-21-20)22-15(3)23/h4-10,21H,11-12H2,1-3H3,(H,22,23). The topological polar surface area (TPSA) is 54.1 Å². The Bertz CT molecular complexity index is 863. The zero-order valence-corrected chi connectivity index (χ0v) is 14.3. The summed E-state index contributed by atoms with van der Waals surface area (Å²) in [5.74, 6) is -0.0745. The number of hydrogen-bond acceptors (Lipinski definition) is 2. The molecule has 0 bridgehead atoms. The molecule has 1 heterocycles. The van der Waals surface area contributed by atoms with Gasteiger partial charge in [-0.3, -0.25) is 4.79 Å².